The van der Waals surface area contributed by atoms with E-state index in [9.17, 15) is 9.59 Å². The molecule has 1 N–H and O–H groups in total. The Morgan fingerprint density at radius 2 is 1.79 bits per heavy atom. The topological polar surface area (TPSA) is 49.4 Å². The predicted molar refractivity (Wildman–Crippen MR) is 76.6 cm³/mol. The molecule has 1 rings (SSSR count). The van der Waals surface area contributed by atoms with Gasteiger partial charge in [-0.2, -0.15) is 0 Å². The molecular weight excluding hydrogens is 240 g/mol. The van der Waals surface area contributed by atoms with Crippen LogP contribution in [0.1, 0.15) is 46.0 Å². The molecular formula is C15H28N2O2. The molecule has 0 heterocycles. The van der Waals surface area contributed by atoms with Crippen LogP contribution in [0.25, 0.3) is 0 Å². The van der Waals surface area contributed by atoms with Gasteiger partial charge < -0.3 is 10.2 Å². The molecule has 0 aromatic rings. The van der Waals surface area contributed by atoms with Gasteiger partial charge in [0, 0.05) is 33.0 Å². The average molecular weight is 268 g/mol. The Morgan fingerprint density at radius 1 is 1.21 bits per heavy atom. The molecule has 0 radical (unpaired) electrons. The summed E-state index contributed by atoms with van der Waals surface area (Å²) in [5.74, 6) is 1.88. The average Bonchev–Trinajstić information content (AvgIpc) is 2.43. The molecule has 0 aliphatic heterocycles. The van der Waals surface area contributed by atoms with Crippen molar-refractivity contribution in [2.24, 2.45) is 17.8 Å². The predicted octanol–water partition coefficient (Wildman–Crippen LogP) is 2.04. The summed E-state index contributed by atoms with van der Waals surface area (Å²) in [6.07, 6.45) is 4.73. The summed E-state index contributed by atoms with van der Waals surface area (Å²) in [6.45, 7) is 5.05. The number of nitrogens with one attached hydrogen (secondary N) is 1. The van der Waals surface area contributed by atoms with Crippen LogP contribution in [0.4, 0.5) is 0 Å². The number of amides is 2. The van der Waals surface area contributed by atoms with Gasteiger partial charge in [0.1, 0.15) is 0 Å². The smallest absolute Gasteiger partial charge is 0.225 e. The van der Waals surface area contributed by atoms with E-state index in [1.807, 2.05) is 0 Å². The SMILES string of the molecule is CNC(=O)CCN(C)C(=O)C1CCC(C(C)C)CC1. The van der Waals surface area contributed by atoms with Gasteiger partial charge >= 0.3 is 0 Å². The van der Waals surface area contributed by atoms with Crippen LogP contribution < -0.4 is 5.32 Å². The van der Waals surface area contributed by atoms with E-state index in [1.165, 1.54) is 0 Å². The first-order valence-corrected chi connectivity index (χ1v) is 7.41. The van der Waals surface area contributed by atoms with Crippen LogP contribution in [-0.4, -0.2) is 37.4 Å². The lowest BCUT2D eigenvalue weighted by molar-refractivity contribution is -0.136. The van der Waals surface area contributed by atoms with Crippen LogP contribution in [-0.2, 0) is 9.59 Å². The van der Waals surface area contributed by atoms with E-state index >= 15 is 0 Å². The third kappa shape index (κ3) is 4.84. The van der Waals surface area contributed by atoms with Crippen molar-refractivity contribution < 1.29 is 9.59 Å². The first-order chi connectivity index (χ1) is 8.95. The van der Waals surface area contributed by atoms with Crippen molar-refractivity contribution in [3.05, 3.63) is 0 Å². The zero-order valence-electron chi connectivity index (χ0n) is 12.7. The fourth-order valence-electron chi connectivity index (χ4n) is 2.85. The first-order valence-electron chi connectivity index (χ1n) is 7.41. The minimum Gasteiger partial charge on any atom is -0.359 e. The van der Waals surface area contributed by atoms with Gasteiger partial charge in [0.2, 0.25) is 11.8 Å². The second-order valence-electron chi connectivity index (χ2n) is 6.04. The molecule has 0 unspecified atom stereocenters. The number of carbonyl (C=O) groups is 2. The quantitative estimate of drug-likeness (QED) is 0.829. The zero-order valence-corrected chi connectivity index (χ0v) is 12.7. The highest BCUT2D eigenvalue weighted by molar-refractivity contribution is 5.80. The van der Waals surface area contributed by atoms with Crippen molar-refractivity contribution in [1.29, 1.82) is 0 Å². The standard InChI is InChI=1S/C15H28N2O2/c1-11(2)12-5-7-13(8-6-12)15(19)17(4)10-9-14(18)16-3/h11-13H,5-10H2,1-4H3,(H,16,18). The lowest BCUT2D eigenvalue weighted by Gasteiger charge is -2.32. The molecule has 2 amide bonds. The number of nitrogens with zero attached hydrogens (tertiary/aromatic N) is 1. The summed E-state index contributed by atoms with van der Waals surface area (Å²) in [7, 11) is 3.43. The molecule has 4 heteroatoms. The Hall–Kier alpha value is -1.06. The lowest BCUT2D eigenvalue weighted by atomic mass is 9.76. The van der Waals surface area contributed by atoms with Gasteiger partial charge in [-0.05, 0) is 37.5 Å². The molecule has 1 saturated carbocycles. The summed E-state index contributed by atoms with van der Waals surface area (Å²) < 4.78 is 0. The van der Waals surface area contributed by atoms with Crippen molar-refractivity contribution in [2.75, 3.05) is 20.6 Å². The highest BCUT2D eigenvalue weighted by Crippen LogP contribution is 2.33. The number of hydrogen-bond acceptors (Lipinski definition) is 2. The van der Waals surface area contributed by atoms with Gasteiger partial charge in [0.15, 0.2) is 0 Å². The molecule has 0 saturated heterocycles. The molecule has 1 fully saturated rings. The van der Waals surface area contributed by atoms with Crippen LogP contribution in [0.5, 0.6) is 0 Å². The van der Waals surface area contributed by atoms with Crippen molar-refractivity contribution in [3.8, 4) is 0 Å². The summed E-state index contributed by atoms with van der Waals surface area (Å²) in [4.78, 5) is 25.2. The second-order valence-corrected chi connectivity index (χ2v) is 6.04. The molecule has 4 nitrogen and oxygen atoms in total. The van der Waals surface area contributed by atoms with Crippen LogP contribution >= 0.6 is 0 Å². The van der Waals surface area contributed by atoms with Crippen LogP contribution in [0, 0.1) is 17.8 Å². The second kappa shape index (κ2) is 7.51. The fourth-order valence-corrected chi connectivity index (χ4v) is 2.85. The van der Waals surface area contributed by atoms with Gasteiger partial charge in [-0.15, -0.1) is 0 Å². The van der Waals surface area contributed by atoms with Gasteiger partial charge in [0.05, 0.1) is 0 Å². The zero-order chi connectivity index (χ0) is 14.4. The lowest BCUT2D eigenvalue weighted by Crippen LogP contribution is -2.37. The van der Waals surface area contributed by atoms with E-state index in [1.54, 1.807) is 19.0 Å². The summed E-state index contributed by atoms with van der Waals surface area (Å²) >= 11 is 0. The van der Waals surface area contributed by atoms with Crippen molar-refractivity contribution in [2.45, 2.75) is 46.0 Å². The van der Waals surface area contributed by atoms with E-state index in [0.717, 1.165) is 37.5 Å². The summed E-state index contributed by atoms with van der Waals surface area (Å²) in [6, 6.07) is 0. The summed E-state index contributed by atoms with van der Waals surface area (Å²) in [5.41, 5.74) is 0. The first kappa shape index (κ1) is 16.0. The molecule has 1 aliphatic rings. The highest BCUT2D eigenvalue weighted by atomic mass is 16.2. The Bertz CT molecular complexity index is 307. The van der Waals surface area contributed by atoms with E-state index in [2.05, 4.69) is 19.2 Å². The maximum Gasteiger partial charge on any atom is 0.225 e. The Morgan fingerprint density at radius 3 is 2.26 bits per heavy atom. The number of carbonyl (C=O) groups excluding carboxylic acids is 2. The van der Waals surface area contributed by atoms with Crippen LogP contribution in [0.3, 0.4) is 0 Å². The molecule has 0 aromatic heterocycles. The Labute approximate surface area is 116 Å². The largest absolute Gasteiger partial charge is 0.359 e. The minimum atomic E-state index is -0.0110. The molecule has 0 spiro atoms. The normalized spacial score (nSPS) is 23.2. The maximum absolute atomic E-state index is 12.3. The van der Waals surface area contributed by atoms with Crippen LogP contribution in [0.2, 0.25) is 0 Å². The van der Waals surface area contributed by atoms with Crippen molar-refractivity contribution >= 4 is 11.8 Å². The number of rotatable bonds is 5. The Kier molecular flexibility index (Phi) is 6.32. The molecule has 0 atom stereocenters. The van der Waals surface area contributed by atoms with Gasteiger partial charge in [0.25, 0.3) is 0 Å². The molecule has 0 bridgehead atoms. The van der Waals surface area contributed by atoms with Crippen LogP contribution in [0.15, 0.2) is 0 Å². The van der Waals surface area contributed by atoms with E-state index < -0.39 is 0 Å². The van der Waals surface area contributed by atoms with E-state index in [-0.39, 0.29) is 17.7 Å². The number of hydrogen-bond donors (Lipinski definition) is 1. The third-order valence-electron chi connectivity index (χ3n) is 4.39. The van der Waals surface area contributed by atoms with Gasteiger partial charge in [-0.3, -0.25) is 9.59 Å². The van der Waals surface area contributed by atoms with Crippen molar-refractivity contribution in [3.63, 3.8) is 0 Å². The van der Waals surface area contributed by atoms with Crippen molar-refractivity contribution in [1.82, 2.24) is 10.2 Å². The molecule has 0 aromatic carbocycles. The van der Waals surface area contributed by atoms with Gasteiger partial charge in [-0.25, -0.2) is 0 Å². The molecule has 110 valence electrons. The Balaban J connectivity index is 2.35. The molecule has 1 aliphatic carbocycles. The summed E-state index contributed by atoms with van der Waals surface area (Å²) in [5, 5.41) is 2.58. The maximum atomic E-state index is 12.3. The van der Waals surface area contributed by atoms with E-state index in [4.69, 9.17) is 0 Å². The minimum absolute atomic E-state index is 0.0110. The van der Waals surface area contributed by atoms with E-state index in [0.29, 0.717) is 13.0 Å². The van der Waals surface area contributed by atoms with Gasteiger partial charge in [-0.1, -0.05) is 13.8 Å². The monoisotopic (exact) mass is 268 g/mol. The molecule has 19 heavy (non-hydrogen) atoms. The highest BCUT2D eigenvalue weighted by Gasteiger charge is 2.29. The third-order valence-corrected chi connectivity index (χ3v) is 4.39. The fraction of sp³-hybridized carbons (Fsp3) is 0.867.